The van der Waals surface area contributed by atoms with Crippen LogP contribution in [0.3, 0.4) is 0 Å². The quantitative estimate of drug-likeness (QED) is 0.881. The SMILES string of the molecule is O=C(Nc1nc(-c2ccc(F)cc2)cs1)NC1CCCCC1. The average Bonchev–Trinajstić information content (AvgIpc) is 2.97. The number of anilines is 1. The van der Waals surface area contributed by atoms with Crippen LogP contribution in [0.2, 0.25) is 0 Å². The van der Waals surface area contributed by atoms with Crippen LogP contribution < -0.4 is 10.6 Å². The summed E-state index contributed by atoms with van der Waals surface area (Å²) in [6.07, 6.45) is 5.71. The third kappa shape index (κ3) is 3.82. The van der Waals surface area contributed by atoms with Gasteiger partial charge in [-0.25, -0.2) is 14.2 Å². The molecule has 1 heterocycles. The number of carbonyl (C=O) groups excluding carboxylic acids is 1. The number of halogens is 1. The van der Waals surface area contributed by atoms with Gasteiger partial charge in [0.2, 0.25) is 0 Å². The number of amides is 2. The van der Waals surface area contributed by atoms with Gasteiger partial charge in [0.25, 0.3) is 0 Å². The van der Waals surface area contributed by atoms with E-state index in [1.54, 1.807) is 12.1 Å². The average molecular weight is 319 g/mol. The Kier molecular flexibility index (Phi) is 4.68. The summed E-state index contributed by atoms with van der Waals surface area (Å²) in [6.45, 7) is 0. The molecular weight excluding hydrogens is 301 g/mol. The number of nitrogens with one attached hydrogen (secondary N) is 2. The summed E-state index contributed by atoms with van der Waals surface area (Å²) in [6, 6.07) is 6.22. The zero-order valence-electron chi connectivity index (χ0n) is 12.1. The van der Waals surface area contributed by atoms with Gasteiger partial charge in [0, 0.05) is 17.0 Å². The molecule has 22 heavy (non-hydrogen) atoms. The smallest absolute Gasteiger partial charge is 0.321 e. The van der Waals surface area contributed by atoms with E-state index in [2.05, 4.69) is 15.6 Å². The second-order valence-corrected chi connectivity index (χ2v) is 6.34. The monoisotopic (exact) mass is 319 g/mol. The van der Waals surface area contributed by atoms with Crippen LogP contribution in [0.25, 0.3) is 11.3 Å². The topological polar surface area (TPSA) is 54.0 Å². The highest BCUT2D eigenvalue weighted by molar-refractivity contribution is 7.14. The molecule has 1 aromatic carbocycles. The largest absolute Gasteiger partial charge is 0.335 e. The predicted octanol–water partition coefficient (Wildman–Crippen LogP) is 4.40. The number of carbonyl (C=O) groups is 1. The highest BCUT2D eigenvalue weighted by Gasteiger charge is 2.16. The van der Waals surface area contributed by atoms with E-state index in [0.29, 0.717) is 5.13 Å². The van der Waals surface area contributed by atoms with Gasteiger partial charge in [0.05, 0.1) is 5.69 Å². The zero-order valence-corrected chi connectivity index (χ0v) is 13.0. The second-order valence-electron chi connectivity index (χ2n) is 5.48. The molecule has 0 spiro atoms. The normalized spacial score (nSPS) is 15.5. The minimum atomic E-state index is -0.274. The van der Waals surface area contributed by atoms with Crippen LogP contribution in [0.4, 0.5) is 14.3 Å². The Morgan fingerprint density at radius 1 is 1.18 bits per heavy atom. The molecule has 2 aromatic rings. The van der Waals surface area contributed by atoms with Gasteiger partial charge in [0.1, 0.15) is 5.82 Å². The second kappa shape index (κ2) is 6.87. The van der Waals surface area contributed by atoms with Gasteiger partial charge in [-0.15, -0.1) is 11.3 Å². The minimum absolute atomic E-state index is 0.202. The maximum absolute atomic E-state index is 12.9. The molecule has 0 unspecified atom stereocenters. The number of benzene rings is 1. The molecule has 1 saturated carbocycles. The van der Waals surface area contributed by atoms with Crippen LogP contribution in [0.5, 0.6) is 0 Å². The van der Waals surface area contributed by atoms with Crippen LogP contribution >= 0.6 is 11.3 Å². The molecule has 116 valence electrons. The fourth-order valence-electron chi connectivity index (χ4n) is 2.65. The van der Waals surface area contributed by atoms with Crippen LogP contribution in [-0.4, -0.2) is 17.1 Å². The fraction of sp³-hybridized carbons (Fsp3) is 0.375. The Morgan fingerprint density at radius 2 is 1.91 bits per heavy atom. The molecule has 0 bridgehead atoms. The van der Waals surface area contributed by atoms with E-state index in [4.69, 9.17) is 0 Å². The van der Waals surface area contributed by atoms with Crippen molar-refractivity contribution in [2.75, 3.05) is 5.32 Å². The Morgan fingerprint density at radius 3 is 2.64 bits per heavy atom. The molecule has 0 saturated heterocycles. The Labute approximate surface area is 132 Å². The summed E-state index contributed by atoms with van der Waals surface area (Å²) in [7, 11) is 0. The Balaban J connectivity index is 1.59. The van der Waals surface area contributed by atoms with Crippen molar-refractivity contribution in [1.29, 1.82) is 0 Å². The number of thiazole rings is 1. The van der Waals surface area contributed by atoms with E-state index in [1.165, 1.54) is 42.7 Å². The van der Waals surface area contributed by atoms with Crippen molar-refractivity contribution in [3.05, 3.63) is 35.5 Å². The maximum atomic E-state index is 12.9. The maximum Gasteiger partial charge on any atom is 0.321 e. The first-order valence-corrected chi connectivity index (χ1v) is 8.38. The fourth-order valence-corrected chi connectivity index (χ4v) is 3.36. The predicted molar refractivity (Wildman–Crippen MR) is 86.5 cm³/mol. The molecular formula is C16H18FN3OS. The highest BCUT2D eigenvalue weighted by Crippen LogP contribution is 2.25. The van der Waals surface area contributed by atoms with Gasteiger partial charge in [0.15, 0.2) is 5.13 Å². The van der Waals surface area contributed by atoms with Crippen molar-refractivity contribution in [3.63, 3.8) is 0 Å². The lowest BCUT2D eigenvalue weighted by atomic mass is 9.96. The van der Waals surface area contributed by atoms with Crippen molar-refractivity contribution in [2.45, 2.75) is 38.1 Å². The van der Waals surface area contributed by atoms with Gasteiger partial charge >= 0.3 is 6.03 Å². The van der Waals surface area contributed by atoms with Gasteiger partial charge < -0.3 is 5.32 Å². The summed E-state index contributed by atoms with van der Waals surface area (Å²) in [5, 5.41) is 8.16. The molecule has 1 aliphatic rings. The van der Waals surface area contributed by atoms with Crippen molar-refractivity contribution in [1.82, 2.24) is 10.3 Å². The van der Waals surface area contributed by atoms with Crippen molar-refractivity contribution < 1.29 is 9.18 Å². The van der Waals surface area contributed by atoms with Gasteiger partial charge in [-0.3, -0.25) is 5.32 Å². The number of hydrogen-bond donors (Lipinski definition) is 2. The van der Waals surface area contributed by atoms with E-state index in [-0.39, 0.29) is 17.9 Å². The van der Waals surface area contributed by atoms with E-state index in [0.717, 1.165) is 24.1 Å². The van der Waals surface area contributed by atoms with E-state index >= 15 is 0 Å². The van der Waals surface area contributed by atoms with Crippen LogP contribution in [0, 0.1) is 5.82 Å². The summed E-state index contributed by atoms with van der Waals surface area (Å²) >= 11 is 1.36. The van der Waals surface area contributed by atoms with Crippen molar-refractivity contribution in [3.8, 4) is 11.3 Å². The third-order valence-electron chi connectivity index (χ3n) is 3.81. The summed E-state index contributed by atoms with van der Waals surface area (Å²) in [4.78, 5) is 16.3. The molecule has 3 rings (SSSR count). The lowest BCUT2D eigenvalue weighted by molar-refractivity contribution is 0.244. The van der Waals surface area contributed by atoms with Gasteiger partial charge in [-0.05, 0) is 37.1 Å². The lowest BCUT2D eigenvalue weighted by Crippen LogP contribution is -2.38. The van der Waals surface area contributed by atoms with Crippen LogP contribution in [0.1, 0.15) is 32.1 Å². The van der Waals surface area contributed by atoms with Crippen LogP contribution in [-0.2, 0) is 0 Å². The van der Waals surface area contributed by atoms with E-state index in [1.807, 2.05) is 5.38 Å². The first-order valence-electron chi connectivity index (χ1n) is 7.50. The van der Waals surface area contributed by atoms with Crippen LogP contribution in [0.15, 0.2) is 29.6 Å². The summed E-state index contributed by atoms with van der Waals surface area (Å²) in [5.41, 5.74) is 1.57. The highest BCUT2D eigenvalue weighted by atomic mass is 32.1. The molecule has 2 amide bonds. The van der Waals surface area contributed by atoms with Crippen molar-refractivity contribution >= 4 is 22.5 Å². The van der Waals surface area contributed by atoms with E-state index < -0.39 is 0 Å². The minimum Gasteiger partial charge on any atom is -0.335 e. The molecule has 2 N–H and O–H groups in total. The molecule has 6 heteroatoms. The molecule has 1 fully saturated rings. The van der Waals surface area contributed by atoms with Crippen molar-refractivity contribution in [2.24, 2.45) is 0 Å². The summed E-state index contributed by atoms with van der Waals surface area (Å²) in [5.74, 6) is -0.274. The third-order valence-corrected chi connectivity index (χ3v) is 4.56. The molecule has 1 aromatic heterocycles. The number of aromatic nitrogens is 1. The molecule has 0 radical (unpaired) electrons. The Bertz CT molecular complexity index is 635. The molecule has 0 atom stereocenters. The van der Waals surface area contributed by atoms with Gasteiger partial charge in [-0.1, -0.05) is 19.3 Å². The molecule has 1 aliphatic carbocycles. The molecule has 0 aliphatic heterocycles. The zero-order chi connectivity index (χ0) is 15.4. The number of hydrogen-bond acceptors (Lipinski definition) is 3. The van der Waals surface area contributed by atoms with Gasteiger partial charge in [-0.2, -0.15) is 0 Å². The summed E-state index contributed by atoms with van der Waals surface area (Å²) < 4.78 is 12.9. The first kappa shape index (κ1) is 15.0. The number of urea groups is 1. The first-order chi connectivity index (χ1) is 10.7. The molecule has 4 nitrogen and oxygen atoms in total. The standard InChI is InChI=1S/C16H18FN3OS/c17-12-8-6-11(7-9-12)14-10-22-16(19-14)20-15(21)18-13-4-2-1-3-5-13/h6-10,13H,1-5H2,(H2,18,19,20,21). The Hall–Kier alpha value is -1.95. The lowest BCUT2D eigenvalue weighted by Gasteiger charge is -2.22. The number of nitrogens with zero attached hydrogens (tertiary/aromatic N) is 1. The van der Waals surface area contributed by atoms with E-state index in [9.17, 15) is 9.18 Å². The number of rotatable bonds is 3.